The van der Waals surface area contributed by atoms with E-state index in [-0.39, 0.29) is 18.6 Å². The Morgan fingerprint density at radius 1 is 0.939 bits per heavy atom. The Balaban J connectivity index is 2.06. The van der Waals surface area contributed by atoms with Gasteiger partial charge in [-0.05, 0) is 62.7 Å². The van der Waals surface area contributed by atoms with Crippen LogP contribution in [0.1, 0.15) is 44.7 Å². The van der Waals surface area contributed by atoms with E-state index < -0.39 is 0 Å². The Labute approximate surface area is 199 Å². The fourth-order valence-electron chi connectivity index (χ4n) is 3.88. The van der Waals surface area contributed by atoms with Gasteiger partial charge in [0.25, 0.3) is 0 Å². The van der Waals surface area contributed by atoms with Crippen LogP contribution in [0.25, 0.3) is 0 Å². The predicted octanol–water partition coefficient (Wildman–Crippen LogP) is 4.76. The highest BCUT2D eigenvalue weighted by Crippen LogP contribution is 2.28. The third-order valence-corrected chi connectivity index (χ3v) is 5.98. The molecule has 2 aromatic carbocycles. The third kappa shape index (κ3) is 8.71. The molecule has 0 spiro atoms. The fraction of sp³-hybridized carbons (Fsp3) is 0.519. The zero-order chi connectivity index (χ0) is 24.1. The van der Waals surface area contributed by atoms with Crippen molar-refractivity contribution in [3.8, 4) is 11.5 Å². The van der Waals surface area contributed by atoms with E-state index in [1.165, 1.54) is 0 Å². The highest BCUT2D eigenvalue weighted by atomic mass is 16.5. The maximum Gasteiger partial charge on any atom is 0.249 e. The van der Waals surface area contributed by atoms with Crippen molar-refractivity contribution < 1.29 is 19.0 Å². The normalized spacial score (nSPS) is 11.9. The van der Waals surface area contributed by atoms with Gasteiger partial charge in [0.05, 0.1) is 20.8 Å². The lowest BCUT2D eigenvalue weighted by atomic mass is 10.1. The van der Waals surface area contributed by atoms with Crippen LogP contribution in [-0.4, -0.2) is 62.2 Å². The minimum absolute atomic E-state index is 0.00365. The van der Waals surface area contributed by atoms with Crippen LogP contribution in [0.15, 0.2) is 48.5 Å². The number of carbonyl (C=O) groups excluding carboxylic acids is 1. The van der Waals surface area contributed by atoms with Crippen molar-refractivity contribution in [3.63, 3.8) is 0 Å². The molecule has 0 saturated carbocycles. The number of ether oxygens (including phenoxy) is 3. The van der Waals surface area contributed by atoms with Crippen molar-refractivity contribution >= 4 is 5.91 Å². The van der Waals surface area contributed by atoms with Gasteiger partial charge in [-0.2, -0.15) is 0 Å². The van der Waals surface area contributed by atoms with Crippen LogP contribution < -0.4 is 9.47 Å². The van der Waals surface area contributed by atoms with Crippen LogP contribution in [-0.2, 0) is 22.7 Å². The second kappa shape index (κ2) is 14.6. The molecule has 0 N–H and O–H groups in total. The van der Waals surface area contributed by atoms with E-state index >= 15 is 0 Å². The van der Waals surface area contributed by atoms with Gasteiger partial charge in [-0.15, -0.1) is 0 Å². The molecule has 182 valence electrons. The molecule has 1 unspecified atom stereocenters. The van der Waals surface area contributed by atoms with Gasteiger partial charge in [-0.25, -0.2) is 0 Å². The largest absolute Gasteiger partial charge is 0.493 e. The number of hydrogen-bond acceptors (Lipinski definition) is 5. The Kier molecular flexibility index (Phi) is 11.8. The van der Waals surface area contributed by atoms with E-state index in [0.29, 0.717) is 24.7 Å². The summed E-state index contributed by atoms with van der Waals surface area (Å²) in [5.74, 6) is 1.34. The van der Waals surface area contributed by atoms with Gasteiger partial charge < -0.3 is 24.0 Å². The van der Waals surface area contributed by atoms with Crippen LogP contribution in [0.5, 0.6) is 11.5 Å². The standard InChI is InChI=1S/C27H40N2O4/c1-6-28(7-2)17-11-12-22(3)29(19-24-15-16-25(31-4)26(18-24)32-5)27(30)21-33-20-23-13-9-8-10-14-23/h8-10,13-16,18,22H,6-7,11-12,17,19-21H2,1-5H3. The quantitative estimate of drug-likeness (QED) is 0.387. The fourth-order valence-corrected chi connectivity index (χ4v) is 3.88. The summed E-state index contributed by atoms with van der Waals surface area (Å²) in [6.07, 6.45) is 1.98. The summed E-state index contributed by atoms with van der Waals surface area (Å²) >= 11 is 0. The Hall–Kier alpha value is -2.57. The lowest BCUT2D eigenvalue weighted by Gasteiger charge is -2.30. The zero-order valence-electron chi connectivity index (χ0n) is 20.9. The lowest BCUT2D eigenvalue weighted by Crippen LogP contribution is -2.40. The van der Waals surface area contributed by atoms with E-state index in [0.717, 1.165) is 43.6 Å². The SMILES string of the molecule is CCN(CC)CCCC(C)N(Cc1ccc(OC)c(OC)c1)C(=O)COCc1ccccc1. The number of methoxy groups -OCH3 is 2. The van der Waals surface area contributed by atoms with E-state index in [9.17, 15) is 4.79 Å². The van der Waals surface area contributed by atoms with Crippen molar-refractivity contribution in [2.45, 2.75) is 52.8 Å². The molecule has 0 aromatic heterocycles. The van der Waals surface area contributed by atoms with Crippen molar-refractivity contribution in [1.82, 2.24) is 9.80 Å². The average molecular weight is 457 g/mol. The monoisotopic (exact) mass is 456 g/mol. The molecule has 2 aromatic rings. The Morgan fingerprint density at radius 2 is 1.64 bits per heavy atom. The van der Waals surface area contributed by atoms with E-state index in [2.05, 4.69) is 25.7 Å². The molecule has 2 rings (SSSR count). The predicted molar refractivity (Wildman–Crippen MR) is 133 cm³/mol. The molecule has 1 amide bonds. The van der Waals surface area contributed by atoms with Crippen molar-refractivity contribution in [3.05, 3.63) is 59.7 Å². The average Bonchev–Trinajstić information content (AvgIpc) is 2.85. The highest BCUT2D eigenvalue weighted by Gasteiger charge is 2.21. The second-order valence-electron chi connectivity index (χ2n) is 8.21. The number of benzene rings is 2. The molecule has 6 heteroatoms. The third-order valence-electron chi connectivity index (χ3n) is 5.98. The first-order valence-electron chi connectivity index (χ1n) is 11.9. The number of amides is 1. The molecule has 0 fully saturated rings. The minimum Gasteiger partial charge on any atom is -0.493 e. The smallest absolute Gasteiger partial charge is 0.249 e. The van der Waals surface area contributed by atoms with Crippen LogP contribution in [0.4, 0.5) is 0 Å². The minimum atomic E-state index is -0.00365. The molecular formula is C27H40N2O4. The van der Waals surface area contributed by atoms with Crippen LogP contribution in [0, 0.1) is 0 Å². The molecular weight excluding hydrogens is 416 g/mol. The van der Waals surface area contributed by atoms with Crippen molar-refractivity contribution in [1.29, 1.82) is 0 Å². The van der Waals surface area contributed by atoms with Gasteiger partial charge in [0.1, 0.15) is 6.61 Å². The topological polar surface area (TPSA) is 51.2 Å². The molecule has 0 heterocycles. The van der Waals surface area contributed by atoms with E-state index in [1.54, 1.807) is 14.2 Å². The molecule has 0 saturated heterocycles. The highest BCUT2D eigenvalue weighted by molar-refractivity contribution is 5.77. The lowest BCUT2D eigenvalue weighted by molar-refractivity contribution is -0.139. The molecule has 0 aliphatic carbocycles. The van der Waals surface area contributed by atoms with Gasteiger partial charge in [-0.1, -0.05) is 50.2 Å². The Bertz CT molecular complexity index is 824. The van der Waals surface area contributed by atoms with E-state index in [1.807, 2.05) is 53.4 Å². The first-order valence-corrected chi connectivity index (χ1v) is 11.9. The molecule has 6 nitrogen and oxygen atoms in total. The molecule has 0 aliphatic heterocycles. The molecule has 0 bridgehead atoms. The number of hydrogen-bond donors (Lipinski definition) is 0. The molecule has 1 atom stereocenters. The maximum atomic E-state index is 13.2. The van der Waals surface area contributed by atoms with Crippen LogP contribution in [0.3, 0.4) is 0 Å². The van der Waals surface area contributed by atoms with Crippen molar-refractivity contribution in [2.24, 2.45) is 0 Å². The number of nitrogens with zero attached hydrogens (tertiary/aromatic N) is 2. The van der Waals surface area contributed by atoms with Crippen molar-refractivity contribution in [2.75, 3.05) is 40.5 Å². The van der Waals surface area contributed by atoms with Gasteiger partial charge >= 0.3 is 0 Å². The van der Waals surface area contributed by atoms with Gasteiger partial charge in [-0.3, -0.25) is 4.79 Å². The molecule has 33 heavy (non-hydrogen) atoms. The van der Waals surface area contributed by atoms with Gasteiger partial charge in [0.2, 0.25) is 5.91 Å². The summed E-state index contributed by atoms with van der Waals surface area (Å²) in [4.78, 5) is 17.5. The zero-order valence-corrected chi connectivity index (χ0v) is 20.9. The first kappa shape index (κ1) is 26.7. The van der Waals surface area contributed by atoms with Gasteiger partial charge in [0, 0.05) is 12.6 Å². The maximum absolute atomic E-state index is 13.2. The number of rotatable bonds is 15. The summed E-state index contributed by atoms with van der Waals surface area (Å²) in [6, 6.07) is 15.8. The summed E-state index contributed by atoms with van der Waals surface area (Å²) in [5.41, 5.74) is 2.06. The summed E-state index contributed by atoms with van der Waals surface area (Å²) in [6.45, 7) is 10.6. The van der Waals surface area contributed by atoms with Crippen LogP contribution in [0.2, 0.25) is 0 Å². The molecule has 0 radical (unpaired) electrons. The van der Waals surface area contributed by atoms with E-state index in [4.69, 9.17) is 14.2 Å². The van der Waals surface area contributed by atoms with Crippen LogP contribution >= 0.6 is 0 Å². The van der Waals surface area contributed by atoms with Gasteiger partial charge in [0.15, 0.2) is 11.5 Å². The second-order valence-corrected chi connectivity index (χ2v) is 8.21. The first-order chi connectivity index (χ1) is 16.0. The summed E-state index contributed by atoms with van der Waals surface area (Å²) in [5, 5.41) is 0. The summed E-state index contributed by atoms with van der Waals surface area (Å²) in [7, 11) is 3.24. The Morgan fingerprint density at radius 3 is 2.27 bits per heavy atom. The number of carbonyl (C=O) groups is 1. The summed E-state index contributed by atoms with van der Waals surface area (Å²) < 4.78 is 16.6. The molecule has 0 aliphatic rings.